The number of halogens is 3. The van der Waals surface area contributed by atoms with Crippen molar-refractivity contribution in [1.29, 1.82) is 0 Å². The maximum atomic E-state index is 12.4. The molecule has 0 fully saturated rings. The van der Waals surface area contributed by atoms with Crippen molar-refractivity contribution in [2.45, 2.75) is 25.6 Å². The van der Waals surface area contributed by atoms with Gasteiger partial charge in [-0.05, 0) is 30.7 Å². The SMILES string of the molecule is CCC(C(=O)O)N(C)C(=O)c1ccc(C(F)(F)F)cc1. The molecule has 0 aromatic heterocycles. The average Bonchev–Trinajstić information content (AvgIpc) is 2.37. The monoisotopic (exact) mass is 289 g/mol. The lowest BCUT2D eigenvalue weighted by Crippen LogP contribution is -2.41. The van der Waals surface area contributed by atoms with Crippen molar-refractivity contribution < 1.29 is 27.9 Å². The van der Waals surface area contributed by atoms with Crippen LogP contribution in [0.15, 0.2) is 24.3 Å². The van der Waals surface area contributed by atoms with Gasteiger partial charge in [-0.1, -0.05) is 6.92 Å². The highest BCUT2D eigenvalue weighted by atomic mass is 19.4. The summed E-state index contributed by atoms with van der Waals surface area (Å²) in [5.74, 6) is -1.79. The summed E-state index contributed by atoms with van der Waals surface area (Å²) in [4.78, 5) is 23.9. The molecule has 0 saturated heterocycles. The van der Waals surface area contributed by atoms with Crippen molar-refractivity contribution in [1.82, 2.24) is 4.90 Å². The van der Waals surface area contributed by atoms with Crippen LogP contribution in [0.2, 0.25) is 0 Å². The van der Waals surface area contributed by atoms with Crippen LogP contribution < -0.4 is 0 Å². The van der Waals surface area contributed by atoms with Gasteiger partial charge < -0.3 is 10.0 Å². The number of carbonyl (C=O) groups is 2. The minimum absolute atomic E-state index is 0.0141. The number of carboxylic acid groups (broad SMARTS) is 1. The van der Waals surface area contributed by atoms with Crippen molar-refractivity contribution in [3.63, 3.8) is 0 Å². The molecule has 20 heavy (non-hydrogen) atoms. The molecule has 0 aliphatic rings. The molecule has 1 unspecified atom stereocenters. The first-order valence-corrected chi connectivity index (χ1v) is 5.85. The molecular weight excluding hydrogens is 275 g/mol. The number of aliphatic carboxylic acids is 1. The Balaban J connectivity index is 2.95. The predicted octanol–water partition coefficient (Wildman–Crippen LogP) is 2.64. The molecule has 0 aliphatic heterocycles. The van der Waals surface area contributed by atoms with Crippen LogP contribution >= 0.6 is 0 Å². The third kappa shape index (κ3) is 3.49. The van der Waals surface area contributed by atoms with Crippen LogP contribution in [-0.2, 0) is 11.0 Å². The summed E-state index contributed by atoms with van der Waals surface area (Å²) in [5, 5.41) is 8.95. The smallest absolute Gasteiger partial charge is 0.416 e. The number of alkyl halides is 3. The summed E-state index contributed by atoms with van der Waals surface area (Å²) in [5.41, 5.74) is -0.845. The van der Waals surface area contributed by atoms with Crippen LogP contribution in [0.25, 0.3) is 0 Å². The van der Waals surface area contributed by atoms with E-state index < -0.39 is 29.7 Å². The molecule has 0 bridgehead atoms. The van der Waals surface area contributed by atoms with Crippen molar-refractivity contribution in [3.8, 4) is 0 Å². The maximum absolute atomic E-state index is 12.4. The molecule has 0 radical (unpaired) electrons. The van der Waals surface area contributed by atoms with E-state index >= 15 is 0 Å². The number of benzene rings is 1. The van der Waals surface area contributed by atoms with Crippen LogP contribution in [0.4, 0.5) is 13.2 Å². The van der Waals surface area contributed by atoms with E-state index in [0.29, 0.717) is 0 Å². The second-order valence-corrected chi connectivity index (χ2v) is 4.25. The first-order valence-electron chi connectivity index (χ1n) is 5.85. The highest BCUT2D eigenvalue weighted by molar-refractivity contribution is 5.96. The van der Waals surface area contributed by atoms with E-state index in [2.05, 4.69) is 0 Å². The van der Waals surface area contributed by atoms with Crippen molar-refractivity contribution in [2.75, 3.05) is 7.05 Å². The fourth-order valence-electron chi connectivity index (χ4n) is 1.76. The Morgan fingerprint density at radius 1 is 1.25 bits per heavy atom. The van der Waals surface area contributed by atoms with Crippen molar-refractivity contribution in [2.24, 2.45) is 0 Å². The summed E-state index contributed by atoms with van der Waals surface area (Å²) < 4.78 is 37.2. The lowest BCUT2D eigenvalue weighted by Gasteiger charge is -2.23. The van der Waals surface area contributed by atoms with E-state index in [4.69, 9.17) is 5.11 Å². The topological polar surface area (TPSA) is 57.6 Å². The zero-order chi connectivity index (χ0) is 15.5. The van der Waals surface area contributed by atoms with E-state index in [1.165, 1.54) is 7.05 Å². The third-order valence-electron chi connectivity index (χ3n) is 2.92. The minimum Gasteiger partial charge on any atom is -0.480 e. The Hall–Kier alpha value is -2.05. The van der Waals surface area contributed by atoms with E-state index in [0.717, 1.165) is 29.2 Å². The molecule has 1 amide bonds. The van der Waals surface area contributed by atoms with E-state index in [1.807, 2.05) is 0 Å². The Kier molecular flexibility index (Phi) is 4.75. The Labute approximate surface area is 113 Å². The number of hydrogen-bond donors (Lipinski definition) is 1. The number of amides is 1. The van der Waals surface area contributed by atoms with Gasteiger partial charge in [-0.2, -0.15) is 13.2 Å². The molecular formula is C13H14F3NO3. The van der Waals surface area contributed by atoms with Gasteiger partial charge in [0.05, 0.1) is 5.56 Å². The summed E-state index contributed by atoms with van der Waals surface area (Å²) in [6, 6.07) is 2.66. The first-order chi connectivity index (χ1) is 9.18. The molecule has 0 aliphatic carbocycles. The van der Waals surface area contributed by atoms with Gasteiger partial charge in [0.25, 0.3) is 5.91 Å². The number of rotatable bonds is 4. The third-order valence-corrected chi connectivity index (χ3v) is 2.92. The zero-order valence-electron chi connectivity index (χ0n) is 10.9. The highest BCUT2D eigenvalue weighted by Crippen LogP contribution is 2.29. The molecule has 1 rings (SSSR count). The molecule has 1 aromatic rings. The van der Waals surface area contributed by atoms with E-state index in [1.54, 1.807) is 6.92 Å². The number of carboxylic acids is 1. The van der Waals surface area contributed by atoms with Gasteiger partial charge >= 0.3 is 12.1 Å². The molecule has 110 valence electrons. The quantitative estimate of drug-likeness (QED) is 0.927. The van der Waals surface area contributed by atoms with Gasteiger partial charge in [-0.15, -0.1) is 0 Å². The normalized spacial score (nSPS) is 12.8. The number of likely N-dealkylation sites (N-methyl/N-ethyl adjacent to an activating group) is 1. The van der Waals surface area contributed by atoms with Gasteiger partial charge in [0.15, 0.2) is 0 Å². The second kappa shape index (κ2) is 5.94. The van der Waals surface area contributed by atoms with Crippen LogP contribution in [-0.4, -0.2) is 35.0 Å². The second-order valence-electron chi connectivity index (χ2n) is 4.25. The summed E-state index contributed by atoms with van der Waals surface area (Å²) in [6.07, 6.45) is -4.27. The van der Waals surface area contributed by atoms with Gasteiger partial charge in [-0.25, -0.2) is 4.79 Å². The predicted molar refractivity (Wildman–Crippen MR) is 65.3 cm³/mol. The number of carbonyl (C=O) groups excluding carboxylic acids is 1. The standard InChI is InChI=1S/C13H14F3NO3/c1-3-10(12(19)20)17(2)11(18)8-4-6-9(7-5-8)13(14,15)16/h4-7,10H,3H2,1-2H3,(H,19,20). The molecule has 1 aromatic carbocycles. The van der Waals surface area contributed by atoms with Crippen LogP contribution in [0.1, 0.15) is 29.3 Å². The molecule has 1 N–H and O–H groups in total. The molecule has 7 heteroatoms. The van der Waals surface area contributed by atoms with Gasteiger partial charge in [0, 0.05) is 12.6 Å². The molecule has 0 saturated carbocycles. The molecule has 0 heterocycles. The lowest BCUT2D eigenvalue weighted by atomic mass is 10.1. The fourth-order valence-corrected chi connectivity index (χ4v) is 1.76. The molecule has 4 nitrogen and oxygen atoms in total. The highest BCUT2D eigenvalue weighted by Gasteiger charge is 2.31. The fraction of sp³-hybridized carbons (Fsp3) is 0.385. The summed E-state index contributed by atoms with van der Waals surface area (Å²) >= 11 is 0. The number of nitrogens with zero attached hydrogens (tertiary/aromatic N) is 1. The Morgan fingerprint density at radius 2 is 1.75 bits per heavy atom. The van der Waals surface area contributed by atoms with Gasteiger partial charge in [-0.3, -0.25) is 4.79 Å². The van der Waals surface area contributed by atoms with Crippen molar-refractivity contribution >= 4 is 11.9 Å². The molecule has 0 spiro atoms. The number of hydrogen-bond acceptors (Lipinski definition) is 2. The van der Waals surface area contributed by atoms with Crippen LogP contribution in [0.5, 0.6) is 0 Å². The first kappa shape index (κ1) is 16.0. The lowest BCUT2D eigenvalue weighted by molar-refractivity contribution is -0.142. The maximum Gasteiger partial charge on any atom is 0.416 e. The summed E-state index contributed by atoms with van der Waals surface area (Å²) in [6.45, 7) is 1.61. The van der Waals surface area contributed by atoms with Crippen LogP contribution in [0.3, 0.4) is 0 Å². The molecule has 1 atom stereocenters. The van der Waals surface area contributed by atoms with Crippen molar-refractivity contribution in [3.05, 3.63) is 35.4 Å². The minimum atomic E-state index is -4.47. The van der Waals surface area contributed by atoms with Crippen LogP contribution in [0, 0.1) is 0 Å². The Bertz CT molecular complexity index is 497. The Morgan fingerprint density at radius 3 is 2.10 bits per heavy atom. The van der Waals surface area contributed by atoms with Gasteiger partial charge in [0.2, 0.25) is 0 Å². The van der Waals surface area contributed by atoms with E-state index in [9.17, 15) is 22.8 Å². The van der Waals surface area contributed by atoms with Gasteiger partial charge in [0.1, 0.15) is 6.04 Å². The summed E-state index contributed by atoms with van der Waals surface area (Å²) in [7, 11) is 1.31. The van der Waals surface area contributed by atoms with E-state index in [-0.39, 0.29) is 12.0 Å². The average molecular weight is 289 g/mol. The largest absolute Gasteiger partial charge is 0.480 e. The zero-order valence-corrected chi connectivity index (χ0v) is 10.9.